The standard InChI is InChI=1S/C11H15NO2/c12-7-6-10(13)8-11(14)9-4-2-1-3-5-9/h1-5,10,13H,6-8,12H2. The predicted molar refractivity (Wildman–Crippen MR) is 55.1 cm³/mol. The van der Waals surface area contributed by atoms with Gasteiger partial charge < -0.3 is 10.8 Å². The van der Waals surface area contributed by atoms with E-state index in [4.69, 9.17) is 5.73 Å². The molecule has 0 bridgehead atoms. The van der Waals surface area contributed by atoms with Crippen molar-refractivity contribution in [1.29, 1.82) is 0 Å². The molecule has 0 spiro atoms. The summed E-state index contributed by atoms with van der Waals surface area (Å²) < 4.78 is 0. The predicted octanol–water partition coefficient (Wildman–Crippen LogP) is 0.969. The molecule has 0 aliphatic carbocycles. The number of hydrogen-bond donors (Lipinski definition) is 2. The molecule has 3 heteroatoms. The minimum absolute atomic E-state index is 0.0356. The summed E-state index contributed by atoms with van der Waals surface area (Å²) in [5.41, 5.74) is 5.91. The second-order valence-electron chi connectivity index (χ2n) is 3.22. The molecular formula is C11H15NO2. The van der Waals surface area contributed by atoms with Gasteiger partial charge in [-0.3, -0.25) is 4.79 Å². The Kier molecular flexibility index (Phi) is 4.29. The topological polar surface area (TPSA) is 63.3 Å². The molecule has 76 valence electrons. The van der Waals surface area contributed by atoms with Gasteiger partial charge in [0.2, 0.25) is 0 Å². The van der Waals surface area contributed by atoms with Gasteiger partial charge in [0.15, 0.2) is 5.78 Å². The van der Waals surface area contributed by atoms with Crippen LogP contribution in [0.5, 0.6) is 0 Å². The SMILES string of the molecule is NCCC(O)CC(=O)c1ccccc1. The minimum atomic E-state index is -0.618. The van der Waals surface area contributed by atoms with Crippen LogP contribution in [0, 0.1) is 0 Å². The summed E-state index contributed by atoms with van der Waals surface area (Å²) in [7, 11) is 0. The molecule has 1 unspecified atom stereocenters. The maximum absolute atomic E-state index is 11.5. The smallest absolute Gasteiger partial charge is 0.165 e. The van der Waals surface area contributed by atoms with Gasteiger partial charge in [-0.1, -0.05) is 30.3 Å². The fourth-order valence-electron chi connectivity index (χ4n) is 1.25. The van der Waals surface area contributed by atoms with Gasteiger partial charge in [0.1, 0.15) is 0 Å². The van der Waals surface area contributed by atoms with Gasteiger partial charge in [0, 0.05) is 12.0 Å². The van der Waals surface area contributed by atoms with E-state index in [1.807, 2.05) is 18.2 Å². The highest BCUT2D eigenvalue weighted by atomic mass is 16.3. The molecule has 0 aromatic heterocycles. The Bertz CT molecular complexity index is 285. The summed E-state index contributed by atoms with van der Waals surface area (Å²) in [6.45, 7) is 0.406. The van der Waals surface area contributed by atoms with Crippen molar-refractivity contribution in [3.63, 3.8) is 0 Å². The summed E-state index contributed by atoms with van der Waals surface area (Å²) in [5, 5.41) is 9.38. The van der Waals surface area contributed by atoms with E-state index in [0.29, 0.717) is 18.5 Å². The number of rotatable bonds is 5. The van der Waals surface area contributed by atoms with Crippen LogP contribution in [0.15, 0.2) is 30.3 Å². The molecule has 0 aliphatic heterocycles. The molecular weight excluding hydrogens is 178 g/mol. The Morgan fingerprint density at radius 3 is 2.57 bits per heavy atom. The van der Waals surface area contributed by atoms with Crippen molar-refractivity contribution >= 4 is 5.78 Å². The molecule has 1 atom stereocenters. The van der Waals surface area contributed by atoms with Crippen LogP contribution in [0.2, 0.25) is 0 Å². The van der Waals surface area contributed by atoms with E-state index >= 15 is 0 Å². The Balaban J connectivity index is 2.51. The Labute approximate surface area is 83.6 Å². The maximum atomic E-state index is 11.5. The molecule has 0 aliphatic rings. The monoisotopic (exact) mass is 193 g/mol. The summed E-state index contributed by atoms with van der Waals surface area (Å²) in [6, 6.07) is 8.97. The van der Waals surface area contributed by atoms with Crippen molar-refractivity contribution in [2.45, 2.75) is 18.9 Å². The van der Waals surface area contributed by atoms with Crippen LogP contribution in [0.3, 0.4) is 0 Å². The number of carbonyl (C=O) groups is 1. The van der Waals surface area contributed by atoms with Crippen LogP contribution in [-0.2, 0) is 0 Å². The molecule has 14 heavy (non-hydrogen) atoms. The molecule has 3 N–H and O–H groups in total. The number of carbonyl (C=O) groups excluding carboxylic acids is 1. The van der Waals surface area contributed by atoms with E-state index in [-0.39, 0.29) is 12.2 Å². The number of nitrogens with two attached hydrogens (primary N) is 1. The third-order valence-corrected chi connectivity index (χ3v) is 2.02. The zero-order valence-corrected chi connectivity index (χ0v) is 8.02. The van der Waals surface area contributed by atoms with Gasteiger partial charge in [-0.25, -0.2) is 0 Å². The minimum Gasteiger partial charge on any atom is -0.393 e. The highest BCUT2D eigenvalue weighted by Crippen LogP contribution is 2.06. The van der Waals surface area contributed by atoms with Crippen molar-refractivity contribution in [2.24, 2.45) is 5.73 Å². The van der Waals surface area contributed by atoms with E-state index in [2.05, 4.69) is 0 Å². The number of benzene rings is 1. The van der Waals surface area contributed by atoms with Gasteiger partial charge >= 0.3 is 0 Å². The summed E-state index contributed by atoms with van der Waals surface area (Å²) in [4.78, 5) is 11.5. The lowest BCUT2D eigenvalue weighted by Crippen LogP contribution is -2.17. The lowest BCUT2D eigenvalue weighted by molar-refractivity contribution is 0.0872. The van der Waals surface area contributed by atoms with Crippen molar-refractivity contribution < 1.29 is 9.90 Å². The maximum Gasteiger partial charge on any atom is 0.165 e. The number of aliphatic hydroxyl groups excluding tert-OH is 1. The lowest BCUT2D eigenvalue weighted by Gasteiger charge is -2.07. The quantitative estimate of drug-likeness (QED) is 0.685. The second kappa shape index (κ2) is 5.52. The van der Waals surface area contributed by atoms with Gasteiger partial charge in [0.25, 0.3) is 0 Å². The van der Waals surface area contributed by atoms with Crippen molar-refractivity contribution in [3.05, 3.63) is 35.9 Å². The van der Waals surface area contributed by atoms with Crippen LogP contribution in [0.25, 0.3) is 0 Å². The molecule has 0 amide bonds. The average molecular weight is 193 g/mol. The van der Waals surface area contributed by atoms with Crippen LogP contribution >= 0.6 is 0 Å². The number of aliphatic hydroxyl groups is 1. The fourth-order valence-corrected chi connectivity index (χ4v) is 1.25. The summed E-state index contributed by atoms with van der Waals surface area (Å²) in [5.74, 6) is -0.0356. The Morgan fingerprint density at radius 2 is 2.00 bits per heavy atom. The van der Waals surface area contributed by atoms with E-state index in [0.717, 1.165) is 0 Å². The second-order valence-corrected chi connectivity index (χ2v) is 3.22. The third-order valence-electron chi connectivity index (χ3n) is 2.02. The van der Waals surface area contributed by atoms with Gasteiger partial charge in [-0.05, 0) is 13.0 Å². The largest absolute Gasteiger partial charge is 0.393 e. The fraction of sp³-hybridized carbons (Fsp3) is 0.364. The van der Waals surface area contributed by atoms with E-state index in [1.165, 1.54) is 0 Å². The summed E-state index contributed by atoms with van der Waals surface area (Å²) in [6.07, 6.45) is 0.00692. The molecule has 0 saturated heterocycles. The Hall–Kier alpha value is -1.19. The van der Waals surface area contributed by atoms with Crippen LogP contribution in [0.1, 0.15) is 23.2 Å². The zero-order valence-electron chi connectivity index (χ0n) is 8.02. The molecule has 0 saturated carbocycles. The first-order valence-corrected chi connectivity index (χ1v) is 4.70. The molecule has 0 radical (unpaired) electrons. The van der Waals surface area contributed by atoms with Crippen LogP contribution < -0.4 is 5.73 Å². The van der Waals surface area contributed by atoms with Crippen LogP contribution in [0.4, 0.5) is 0 Å². The number of ketones is 1. The first-order chi connectivity index (χ1) is 6.74. The summed E-state index contributed by atoms with van der Waals surface area (Å²) >= 11 is 0. The normalized spacial score (nSPS) is 12.4. The van der Waals surface area contributed by atoms with Gasteiger partial charge in [-0.2, -0.15) is 0 Å². The molecule has 0 fully saturated rings. The molecule has 3 nitrogen and oxygen atoms in total. The van der Waals surface area contributed by atoms with E-state index in [9.17, 15) is 9.90 Å². The highest BCUT2D eigenvalue weighted by molar-refractivity contribution is 5.96. The first-order valence-electron chi connectivity index (χ1n) is 4.70. The Morgan fingerprint density at radius 1 is 1.36 bits per heavy atom. The first kappa shape index (κ1) is 10.9. The molecule has 1 aromatic carbocycles. The molecule has 1 aromatic rings. The number of hydrogen-bond acceptors (Lipinski definition) is 3. The average Bonchev–Trinajstić information content (AvgIpc) is 2.19. The lowest BCUT2D eigenvalue weighted by atomic mass is 10.0. The van der Waals surface area contributed by atoms with Crippen molar-refractivity contribution in [3.8, 4) is 0 Å². The van der Waals surface area contributed by atoms with E-state index in [1.54, 1.807) is 12.1 Å². The molecule has 0 heterocycles. The zero-order chi connectivity index (χ0) is 10.4. The van der Waals surface area contributed by atoms with Gasteiger partial charge in [0.05, 0.1) is 6.10 Å². The van der Waals surface area contributed by atoms with E-state index < -0.39 is 6.10 Å². The van der Waals surface area contributed by atoms with Crippen LogP contribution in [-0.4, -0.2) is 23.5 Å². The van der Waals surface area contributed by atoms with Crippen molar-refractivity contribution in [2.75, 3.05) is 6.54 Å². The third kappa shape index (κ3) is 3.28. The number of Topliss-reactive ketones (excluding diaryl/α,β-unsaturated/α-hetero) is 1. The highest BCUT2D eigenvalue weighted by Gasteiger charge is 2.11. The van der Waals surface area contributed by atoms with Gasteiger partial charge in [-0.15, -0.1) is 0 Å². The van der Waals surface area contributed by atoms with Crippen molar-refractivity contribution in [1.82, 2.24) is 0 Å². The molecule has 1 rings (SSSR count).